The molecule has 0 unspecified atom stereocenters. The second-order valence-corrected chi connectivity index (χ2v) is 5.90. The molecule has 0 saturated carbocycles. The number of aliphatic hydroxyl groups excluding tert-OH is 1. The summed E-state index contributed by atoms with van der Waals surface area (Å²) in [7, 11) is 0. The van der Waals surface area contributed by atoms with Crippen molar-refractivity contribution < 1.29 is 30.0 Å². The first-order valence-electron chi connectivity index (χ1n) is 7.02. The summed E-state index contributed by atoms with van der Waals surface area (Å²) in [4.78, 5) is 19.6. The average Bonchev–Trinajstić information content (AvgIpc) is 2.94. The molecule has 3 aromatic rings. The number of ketones is 1. The number of benzene rings is 1. The van der Waals surface area contributed by atoms with Crippen molar-refractivity contribution in [1.82, 2.24) is 9.97 Å². The summed E-state index contributed by atoms with van der Waals surface area (Å²) in [5, 5.41) is 11.5. The number of thiophene rings is 1. The molecule has 0 atom stereocenters. The molecule has 127 valence electrons. The smallest absolute Gasteiger partial charge is 0.155 e. The third-order valence-corrected chi connectivity index (χ3v) is 3.69. The molecular formula is C18H17IrN2O2S-. The van der Waals surface area contributed by atoms with E-state index in [2.05, 4.69) is 22.1 Å². The molecule has 1 radical (unpaired) electrons. The van der Waals surface area contributed by atoms with Gasteiger partial charge in [-0.05, 0) is 36.4 Å². The number of aryl methyl sites for hydroxylation is 1. The summed E-state index contributed by atoms with van der Waals surface area (Å²) < 4.78 is 0. The molecular weight excluding hydrogens is 500 g/mol. The van der Waals surface area contributed by atoms with Crippen LogP contribution in [0.25, 0.3) is 21.5 Å². The fourth-order valence-electron chi connectivity index (χ4n) is 2.02. The van der Waals surface area contributed by atoms with Crippen LogP contribution in [0.5, 0.6) is 0 Å². The van der Waals surface area contributed by atoms with E-state index in [1.54, 1.807) is 17.7 Å². The molecule has 0 aliphatic heterocycles. The minimum Gasteiger partial charge on any atom is -0.512 e. The third kappa shape index (κ3) is 5.64. The van der Waals surface area contributed by atoms with E-state index in [0.717, 1.165) is 27.0 Å². The van der Waals surface area contributed by atoms with E-state index < -0.39 is 0 Å². The molecule has 0 fully saturated rings. The maximum absolute atomic E-state index is 10.0. The first-order valence-corrected chi connectivity index (χ1v) is 7.90. The maximum Gasteiger partial charge on any atom is 0.155 e. The molecule has 24 heavy (non-hydrogen) atoms. The minimum absolute atomic E-state index is 0. The van der Waals surface area contributed by atoms with Crippen LogP contribution in [0, 0.1) is 13.0 Å². The van der Waals surface area contributed by atoms with Gasteiger partial charge in [-0.2, -0.15) is 0 Å². The topological polar surface area (TPSA) is 63.1 Å². The molecule has 0 saturated heterocycles. The minimum atomic E-state index is -0.125. The monoisotopic (exact) mass is 518 g/mol. The first-order chi connectivity index (χ1) is 11.0. The Morgan fingerprint density at radius 1 is 1.25 bits per heavy atom. The molecule has 3 rings (SSSR count). The van der Waals surface area contributed by atoms with Gasteiger partial charge in [-0.3, -0.25) is 9.78 Å². The fourth-order valence-corrected chi connectivity index (χ4v) is 2.75. The predicted octanol–water partition coefficient (Wildman–Crippen LogP) is 4.50. The molecule has 2 aromatic heterocycles. The van der Waals surface area contributed by atoms with Crippen molar-refractivity contribution in [3.05, 3.63) is 59.4 Å². The van der Waals surface area contributed by atoms with Gasteiger partial charge >= 0.3 is 0 Å². The maximum atomic E-state index is 10.0. The number of aliphatic hydroxyl groups is 1. The third-order valence-electron chi connectivity index (χ3n) is 2.87. The number of allylic oxidation sites excluding steroid dienone is 2. The van der Waals surface area contributed by atoms with Crippen molar-refractivity contribution in [1.29, 1.82) is 0 Å². The number of hydrogen-bond acceptors (Lipinski definition) is 5. The standard InChI is InChI=1S/C13H9N2S.C5H8O2.Ir/c1-9-3-2-4-10(7-9)12-11-5-6-16-13(11)15-8-14-12;1-4(6)3-5(2)7;/h2-6,8H,1H3;3,6H,1-2H3;/q-1;;/b;4-3-;. The Hall–Kier alpha value is -1.88. The molecule has 0 bridgehead atoms. The molecule has 2 heterocycles. The average molecular weight is 518 g/mol. The number of carbonyl (C=O) groups excluding carboxylic acids is 1. The van der Waals surface area contributed by atoms with Crippen LogP contribution in [-0.4, -0.2) is 20.9 Å². The number of hydrogen-bond donors (Lipinski definition) is 1. The van der Waals surface area contributed by atoms with Crippen molar-refractivity contribution in [2.24, 2.45) is 0 Å². The van der Waals surface area contributed by atoms with Crippen molar-refractivity contribution in [3.8, 4) is 11.3 Å². The molecule has 0 spiro atoms. The zero-order chi connectivity index (χ0) is 16.8. The Kier molecular flexibility index (Phi) is 7.92. The quantitative estimate of drug-likeness (QED) is 0.309. The van der Waals surface area contributed by atoms with Crippen LogP contribution in [0.2, 0.25) is 0 Å². The van der Waals surface area contributed by atoms with Crippen molar-refractivity contribution in [2.75, 3.05) is 0 Å². The van der Waals surface area contributed by atoms with Gasteiger partial charge in [0.05, 0.1) is 5.76 Å². The van der Waals surface area contributed by atoms with Crippen LogP contribution < -0.4 is 0 Å². The Labute approximate surface area is 158 Å². The summed E-state index contributed by atoms with van der Waals surface area (Å²) in [5.41, 5.74) is 3.13. The Morgan fingerprint density at radius 3 is 2.58 bits per heavy atom. The predicted molar refractivity (Wildman–Crippen MR) is 93.5 cm³/mol. The van der Waals surface area contributed by atoms with E-state index in [9.17, 15) is 4.79 Å². The van der Waals surface area contributed by atoms with E-state index in [0.29, 0.717) is 0 Å². The van der Waals surface area contributed by atoms with Crippen LogP contribution in [0.4, 0.5) is 0 Å². The van der Waals surface area contributed by atoms with Crippen molar-refractivity contribution in [3.63, 3.8) is 0 Å². The summed E-state index contributed by atoms with van der Waals surface area (Å²) in [6, 6.07) is 11.5. The Bertz CT molecular complexity index is 855. The number of rotatable bonds is 2. The first kappa shape index (κ1) is 20.2. The molecule has 1 N–H and O–H groups in total. The van der Waals surface area contributed by atoms with Crippen molar-refractivity contribution in [2.45, 2.75) is 20.8 Å². The molecule has 4 nitrogen and oxygen atoms in total. The number of nitrogens with zero attached hydrogens (tertiary/aromatic N) is 2. The molecule has 0 aliphatic carbocycles. The zero-order valence-electron chi connectivity index (χ0n) is 13.5. The fraction of sp³-hybridized carbons (Fsp3) is 0.167. The Morgan fingerprint density at radius 2 is 2.00 bits per heavy atom. The number of carbonyl (C=O) groups is 1. The number of aromatic nitrogens is 2. The molecule has 0 aliphatic rings. The Balaban J connectivity index is 0.000000312. The van der Waals surface area contributed by atoms with Gasteiger partial charge in [0, 0.05) is 26.2 Å². The van der Waals surface area contributed by atoms with Gasteiger partial charge in [0.2, 0.25) is 0 Å². The van der Waals surface area contributed by atoms with Gasteiger partial charge in [-0.25, -0.2) is 4.98 Å². The normalized spacial score (nSPS) is 10.5. The molecule has 1 aromatic carbocycles. The number of fused-ring (bicyclic) bond motifs is 1. The van der Waals surface area contributed by atoms with E-state index in [4.69, 9.17) is 5.11 Å². The van der Waals surface area contributed by atoms with Gasteiger partial charge in [0.25, 0.3) is 0 Å². The largest absolute Gasteiger partial charge is 0.512 e. The van der Waals surface area contributed by atoms with Crippen molar-refractivity contribution >= 4 is 27.3 Å². The zero-order valence-corrected chi connectivity index (χ0v) is 16.7. The van der Waals surface area contributed by atoms with Gasteiger partial charge in [0.15, 0.2) is 5.78 Å². The van der Waals surface area contributed by atoms with Crippen LogP contribution in [0.1, 0.15) is 19.4 Å². The summed E-state index contributed by atoms with van der Waals surface area (Å²) in [5.74, 6) is -0.0625. The molecule has 6 heteroatoms. The van der Waals surface area contributed by atoms with Gasteiger partial charge < -0.3 is 5.11 Å². The van der Waals surface area contributed by atoms with Crippen LogP contribution in [0.3, 0.4) is 0 Å². The van der Waals surface area contributed by atoms with Crippen LogP contribution >= 0.6 is 11.3 Å². The van der Waals surface area contributed by atoms with Gasteiger partial charge in [-0.15, -0.1) is 46.7 Å². The second kappa shape index (κ2) is 9.42. The summed E-state index contributed by atoms with van der Waals surface area (Å²) in [6.45, 7) is 4.89. The summed E-state index contributed by atoms with van der Waals surface area (Å²) >= 11 is 1.64. The SMILES string of the molecule is CC(=O)/C=C(/C)O.Cc1[c-]c(-c2ncnc3sccc23)ccc1.[Ir]. The van der Waals surface area contributed by atoms with E-state index in [1.807, 2.05) is 30.5 Å². The van der Waals surface area contributed by atoms with E-state index in [-0.39, 0.29) is 31.6 Å². The van der Waals surface area contributed by atoms with E-state index >= 15 is 0 Å². The van der Waals surface area contributed by atoms with Crippen LogP contribution in [-0.2, 0) is 24.9 Å². The summed E-state index contributed by atoms with van der Waals surface area (Å²) in [6.07, 6.45) is 2.78. The molecule has 0 amide bonds. The van der Waals surface area contributed by atoms with Gasteiger partial charge in [0.1, 0.15) is 11.2 Å². The second-order valence-electron chi connectivity index (χ2n) is 5.01. The van der Waals surface area contributed by atoms with Gasteiger partial charge in [-0.1, -0.05) is 6.92 Å². The van der Waals surface area contributed by atoms with Crippen LogP contribution in [0.15, 0.2) is 47.8 Å². The van der Waals surface area contributed by atoms with E-state index in [1.165, 1.54) is 19.9 Å².